The van der Waals surface area contributed by atoms with E-state index in [9.17, 15) is 0 Å². The lowest BCUT2D eigenvalue weighted by Gasteiger charge is -2.29. The molecule has 1 unspecified atom stereocenters. The van der Waals surface area contributed by atoms with E-state index in [1.54, 1.807) is 0 Å². The molecule has 18 heavy (non-hydrogen) atoms. The predicted molar refractivity (Wildman–Crippen MR) is 76.9 cm³/mol. The van der Waals surface area contributed by atoms with E-state index in [1.807, 2.05) is 0 Å². The zero-order valence-corrected chi connectivity index (χ0v) is 12.3. The highest BCUT2D eigenvalue weighted by Crippen LogP contribution is 2.18. The van der Waals surface area contributed by atoms with Crippen LogP contribution in [0.4, 0.5) is 0 Å². The van der Waals surface area contributed by atoms with Gasteiger partial charge in [-0.2, -0.15) is 0 Å². The van der Waals surface area contributed by atoms with E-state index in [0.717, 1.165) is 31.5 Å². The first kappa shape index (κ1) is 13.7. The molecule has 104 valence electrons. The van der Waals surface area contributed by atoms with Crippen LogP contribution >= 0.6 is 0 Å². The minimum Gasteiger partial charge on any atom is -0.356 e. The SMILES string of the molecule is CC(C)N1CCC(CNC2=NCC(C)(C)CN2)C1. The molecule has 4 nitrogen and oxygen atoms in total. The second-order valence-electron chi connectivity index (χ2n) is 6.81. The summed E-state index contributed by atoms with van der Waals surface area (Å²) >= 11 is 0. The minimum absolute atomic E-state index is 0.299. The maximum Gasteiger partial charge on any atom is 0.191 e. The third kappa shape index (κ3) is 3.61. The summed E-state index contributed by atoms with van der Waals surface area (Å²) in [5.41, 5.74) is 0.299. The van der Waals surface area contributed by atoms with Gasteiger partial charge >= 0.3 is 0 Å². The van der Waals surface area contributed by atoms with Crippen molar-refractivity contribution in [2.24, 2.45) is 16.3 Å². The van der Waals surface area contributed by atoms with Crippen LogP contribution in [-0.2, 0) is 0 Å². The van der Waals surface area contributed by atoms with E-state index in [-0.39, 0.29) is 0 Å². The fourth-order valence-corrected chi connectivity index (χ4v) is 2.59. The summed E-state index contributed by atoms with van der Waals surface area (Å²) in [4.78, 5) is 7.14. The summed E-state index contributed by atoms with van der Waals surface area (Å²) in [6.07, 6.45) is 1.31. The predicted octanol–water partition coefficient (Wildman–Crippen LogP) is 1.29. The van der Waals surface area contributed by atoms with E-state index in [2.05, 4.69) is 48.2 Å². The van der Waals surface area contributed by atoms with Crippen LogP contribution in [0.15, 0.2) is 4.99 Å². The number of hydrogen-bond acceptors (Lipinski definition) is 4. The standard InChI is InChI=1S/C14H28N4/c1-11(2)18-6-5-12(8-18)7-15-13-16-9-14(3,4)10-17-13/h11-12H,5-10H2,1-4H3,(H2,15,16,17). The number of aliphatic imine (C=N–C) groups is 1. The molecule has 2 aliphatic heterocycles. The molecule has 1 fully saturated rings. The Bertz CT molecular complexity index is 309. The van der Waals surface area contributed by atoms with Crippen molar-refractivity contribution in [3.8, 4) is 0 Å². The average molecular weight is 252 g/mol. The molecule has 0 aromatic heterocycles. The van der Waals surface area contributed by atoms with Crippen LogP contribution in [-0.4, -0.2) is 49.6 Å². The van der Waals surface area contributed by atoms with Crippen LogP contribution in [0.2, 0.25) is 0 Å². The van der Waals surface area contributed by atoms with E-state index in [4.69, 9.17) is 0 Å². The van der Waals surface area contributed by atoms with Crippen molar-refractivity contribution in [1.29, 1.82) is 0 Å². The molecule has 1 saturated heterocycles. The zero-order valence-electron chi connectivity index (χ0n) is 12.3. The molecule has 1 atom stereocenters. The van der Waals surface area contributed by atoms with Crippen molar-refractivity contribution in [3.05, 3.63) is 0 Å². The van der Waals surface area contributed by atoms with Crippen LogP contribution in [0, 0.1) is 11.3 Å². The fraction of sp³-hybridized carbons (Fsp3) is 0.929. The van der Waals surface area contributed by atoms with Gasteiger partial charge in [-0.15, -0.1) is 0 Å². The largest absolute Gasteiger partial charge is 0.356 e. The fourth-order valence-electron chi connectivity index (χ4n) is 2.59. The summed E-state index contributed by atoms with van der Waals surface area (Å²) in [6.45, 7) is 14.5. The Hall–Kier alpha value is -0.770. The smallest absolute Gasteiger partial charge is 0.191 e. The monoisotopic (exact) mass is 252 g/mol. The van der Waals surface area contributed by atoms with E-state index >= 15 is 0 Å². The number of likely N-dealkylation sites (tertiary alicyclic amines) is 1. The van der Waals surface area contributed by atoms with Crippen LogP contribution in [0.5, 0.6) is 0 Å². The molecule has 2 N–H and O–H groups in total. The Morgan fingerprint density at radius 2 is 2.28 bits per heavy atom. The number of rotatable bonds is 3. The number of nitrogens with zero attached hydrogens (tertiary/aromatic N) is 2. The number of nitrogens with one attached hydrogen (secondary N) is 2. The first-order valence-electron chi connectivity index (χ1n) is 7.22. The first-order valence-corrected chi connectivity index (χ1v) is 7.22. The van der Waals surface area contributed by atoms with Gasteiger partial charge in [-0.05, 0) is 32.7 Å². The van der Waals surface area contributed by atoms with Crippen LogP contribution in [0.25, 0.3) is 0 Å². The Balaban J connectivity index is 1.72. The molecular weight excluding hydrogens is 224 g/mol. The second-order valence-corrected chi connectivity index (χ2v) is 6.81. The van der Waals surface area contributed by atoms with Crippen LogP contribution < -0.4 is 10.6 Å². The molecule has 0 spiro atoms. The lowest BCUT2D eigenvalue weighted by atomic mass is 9.93. The van der Waals surface area contributed by atoms with Crippen LogP contribution in [0.3, 0.4) is 0 Å². The molecule has 2 rings (SSSR count). The summed E-state index contributed by atoms with van der Waals surface area (Å²) in [6, 6.07) is 0.681. The van der Waals surface area contributed by atoms with Gasteiger partial charge in [0.1, 0.15) is 0 Å². The van der Waals surface area contributed by atoms with Gasteiger partial charge in [-0.25, -0.2) is 0 Å². The molecule has 4 heteroatoms. The molecule has 0 bridgehead atoms. The summed E-state index contributed by atoms with van der Waals surface area (Å²) in [5.74, 6) is 1.77. The normalized spacial score (nSPS) is 28.1. The Morgan fingerprint density at radius 1 is 1.50 bits per heavy atom. The Kier molecular flexibility index (Phi) is 4.15. The minimum atomic E-state index is 0.299. The van der Waals surface area contributed by atoms with Crippen molar-refractivity contribution < 1.29 is 0 Å². The topological polar surface area (TPSA) is 39.7 Å². The number of guanidine groups is 1. The average Bonchev–Trinajstić information content (AvgIpc) is 2.76. The van der Waals surface area contributed by atoms with Crippen molar-refractivity contribution in [2.75, 3.05) is 32.7 Å². The molecular formula is C14H28N4. The van der Waals surface area contributed by atoms with E-state index in [1.165, 1.54) is 19.5 Å². The Labute approximate surface area is 111 Å². The third-order valence-electron chi connectivity index (χ3n) is 4.01. The molecule has 0 aliphatic carbocycles. The lowest BCUT2D eigenvalue weighted by Crippen LogP contribution is -2.48. The molecule has 2 aliphatic rings. The zero-order chi connectivity index (χ0) is 13.2. The van der Waals surface area contributed by atoms with E-state index in [0.29, 0.717) is 11.5 Å². The highest BCUT2D eigenvalue weighted by Gasteiger charge is 2.25. The highest BCUT2D eigenvalue weighted by atomic mass is 15.2. The highest BCUT2D eigenvalue weighted by molar-refractivity contribution is 5.80. The van der Waals surface area contributed by atoms with Gasteiger partial charge in [0.15, 0.2) is 5.96 Å². The van der Waals surface area contributed by atoms with Gasteiger partial charge in [0.2, 0.25) is 0 Å². The van der Waals surface area contributed by atoms with E-state index < -0.39 is 0 Å². The summed E-state index contributed by atoms with van der Waals surface area (Å²) in [5, 5.41) is 6.87. The van der Waals surface area contributed by atoms with Crippen molar-refractivity contribution in [3.63, 3.8) is 0 Å². The van der Waals surface area contributed by atoms with Gasteiger partial charge in [-0.3, -0.25) is 4.99 Å². The maximum absolute atomic E-state index is 4.58. The van der Waals surface area contributed by atoms with Gasteiger partial charge in [0.05, 0.1) is 0 Å². The molecule has 0 amide bonds. The van der Waals surface area contributed by atoms with Gasteiger partial charge in [0, 0.05) is 37.6 Å². The Morgan fingerprint density at radius 3 is 2.83 bits per heavy atom. The summed E-state index contributed by atoms with van der Waals surface area (Å²) < 4.78 is 0. The van der Waals surface area contributed by atoms with Gasteiger partial charge in [0.25, 0.3) is 0 Å². The molecule has 0 aromatic rings. The first-order chi connectivity index (χ1) is 8.46. The van der Waals surface area contributed by atoms with Gasteiger partial charge < -0.3 is 15.5 Å². The van der Waals surface area contributed by atoms with Crippen LogP contribution in [0.1, 0.15) is 34.1 Å². The maximum atomic E-state index is 4.58. The third-order valence-corrected chi connectivity index (χ3v) is 4.01. The van der Waals surface area contributed by atoms with Crippen molar-refractivity contribution >= 4 is 5.96 Å². The summed E-state index contributed by atoms with van der Waals surface area (Å²) in [7, 11) is 0. The molecule has 0 aromatic carbocycles. The molecule has 0 radical (unpaired) electrons. The molecule has 0 saturated carbocycles. The quantitative estimate of drug-likeness (QED) is 0.795. The van der Waals surface area contributed by atoms with Crippen molar-refractivity contribution in [2.45, 2.75) is 40.2 Å². The van der Waals surface area contributed by atoms with Crippen molar-refractivity contribution in [1.82, 2.24) is 15.5 Å². The second kappa shape index (κ2) is 5.47. The molecule has 2 heterocycles. The number of hydrogen-bond donors (Lipinski definition) is 2. The lowest BCUT2D eigenvalue weighted by molar-refractivity contribution is 0.265. The van der Waals surface area contributed by atoms with Gasteiger partial charge in [-0.1, -0.05) is 13.8 Å².